The summed E-state index contributed by atoms with van der Waals surface area (Å²) in [5.41, 5.74) is 1.02. The molecule has 1 aliphatic rings. The molecule has 2 aromatic heterocycles. The number of rotatable bonds is 4. The van der Waals surface area contributed by atoms with E-state index in [1.54, 1.807) is 22.3 Å². The standard InChI is InChI=1S/C22H23F3N4OS2/c1-13-14(2)32-21-19(13)20(26-15(3)27-21)31-12-18(30)29-9-7-28(8-10-29)17-6-4-5-16(11-17)22(23,24)25/h4-6,11H,7-10,12H2,1-3H3. The third-order valence-electron chi connectivity index (χ3n) is 5.61. The third-order valence-corrected chi connectivity index (χ3v) is 7.67. The lowest BCUT2D eigenvalue weighted by molar-refractivity contribution is -0.137. The van der Waals surface area contributed by atoms with E-state index < -0.39 is 11.7 Å². The summed E-state index contributed by atoms with van der Waals surface area (Å²) in [5.74, 6) is 0.958. The van der Waals surface area contributed by atoms with Crippen molar-refractivity contribution in [2.24, 2.45) is 0 Å². The molecule has 0 atom stereocenters. The van der Waals surface area contributed by atoms with Gasteiger partial charge in [0.1, 0.15) is 15.7 Å². The van der Waals surface area contributed by atoms with Gasteiger partial charge in [-0.15, -0.1) is 11.3 Å². The van der Waals surface area contributed by atoms with Crippen molar-refractivity contribution < 1.29 is 18.0 Å². The van der Waals surface area contributed by atoms with Crippen molar-refractivity contribution in [3.8, 4) is 0 Å². The molecule has 170 valence electrons. The van der Waals surface area contributed by atoms with Crippen LogP contribution in [-0.2, 0) is 11.0 Å². The van der Waals surface area contributed by atoms with Crippen LogP contribution in [0.15, 0.2) is 29.3 Å². The second-order valence-electron chi connectivity index (χ2n) is 7.74. The Balaban J connectivity index is 1.38. The van der Waals surface area contributed by atoms with Gasteiger partial charge in [-0.2, -0.15) is 13.2 Å². The highest BCUT2D eigenvalue weighted by atomic mass is 32.2. The average molecular weight is 481 g/mol. The molecule has 1 aliphatic heterocycles. The zero-order chi connectivity index (χ0) is 23.0. The summed E-state index contributed by atoms with van der Waals surface area (Å²) in [5, 5.41) is 1.84. The number of alkyl halides is 3. The molecule has 32 heavy (non-hydrogen) atoms. The predicted octanol–water partition coefficient (Wildman–Crippen LogP) is 5.08. The molecule has 0 unspecified atom stereocenters. The van der Waals surface area contributed by atoms with Gasteiger partial charge in [0, 0.05) is 42.1 Å². The first-order chi connectivity index (χ1) is 15.1. The van der Waals surface area contributed by atoms with Crippen LogP contribution in [0.25, 0.3) is 10.2 Å². The van der Waals surface area contributed by atoms with Crippen molar-refractivity contribution in [3.05, 3.63) is 46.1 Å². The summed E-state index contributed by atoms with van der Waals surface area (Å²) in [6, 6.07) is 5.34. The molecule has 4 rings (SSSR count). The van der Waals surface area contributed by atoms with Gasteiger partial charge in [-0.1, -0.05) is 17.8 Å². The Bertz CT molecular complexity index is 1150. The number of hydrogen-bond donors (Lipinski definition) is 0. The fourth-order valence-electron chi connectivity index (χ4n) is 3.73. The number of nitrogens with zero attached hydrogens (tertiary/aromatic N) is 4. The molecule has 10 heteroatoms. The predicted molar refractivity (Wildman–Crippen MR) is 123 cm³/mol. The van der Waals surface area contributed by atoms with Crippen LogP contribution in [0, 0.1) is 20.8 Å². The largest absolute Gasteiger partial charge is 0.416 e. The number of halogens is 3. The summed E-state index contributed by atoms with van der Waals surface area (Å²) in [6.07, 6.45) is -4.37. The molecule has 1 amide bonds. The van der Waals surface area contributed by atoms with Crippen molar-refractivity contribution in [2.45, 2.75) is 32.0 Å². The number of fused-ring (bicyclic) bond motifs is 1. The smallest absolute Gasteiger partial charge is 0.368 e. The van der Waals surface area contributed by atoms with E-state index in [9.17, 15) is 18.0 Å². The number of amides is 1. The lowest BCUT2D eigenvalue weighted by atomic mass is 10.1. The Morgan fingerprint density at radius 1 is 1.12 bits per heavy atom. The summed E-state index contributed by atoms with van der Waals surface area (Å²) >= 11 is 3.06. The molecular formula is C22H23F3N4OS2. The normalized spacial score (nSPS) is 14.9. The monoisotopic (exact) mass is 480 g/mol. The molecule has 0 spiro atoms. The van der Waals surface area contributed by atoms with Crippen molar-refractivity contribution in [1.82, 2.24) is 14.9 Å². The third kappa shape index (κ3) is 4.71. The first kappa shape index (κ1) is 22.8. The van der Waals surface area contributed by atoms with Gasteiger partial charge in [0.2, 0.25) is 5.91 Å². The van der Waals surface area contributed by atoms with Crippen LogP contribution in [0.1, 0.15) is 21.8 Å². The lowest BCUT2D eigenvalue weighted by Crippen LogP contribution is -2.49. The van der Waals surface area contributed by atoms with Crippen molar-refractivity contribution in [3.63, 3.8) is 0 Å². The second kappa shape index (κ2) is 8.90. The quantitative estimate of drug-likeness (QED) is 0.385. The van der Waals surface area contributed by atoms with E-state index in [4.69, 9.17) is 0 Å². The zero-order valence-electron chi connectivity index (χ0n) is 18.0. The number of carbonyl (C=O) groups excluding carboxylic acids is 1. The van der Waals surface area contributed by atoms with Gasteiger partial charge in [-0.3, -0.25) is 4.79 Å². The van der Waals surface area contributed by atoms with Crippen LogP contribution >= 0.6 is 23.1 Å². The van der Waals surface area contributed by atoms with Crippen LogP contribution in [0.5, 0.6) is 0 Å². The lowest BCUT2D eigenvalue weighted by Gasteiger charge is -2.36. The molecule has 0 aliphatic carbocycles. The van der Waals surface area contributed by atoms with E-state index in [1.807, 2.05) is 18.7 Å². The number of aryl methyl sites for hydroxylation is 3. The van der Waals surface area contributed by atoms with Gasteiger partial charge in [-0.05, 0) is 44.5 Å². The van der Waals surface area contributed by atoms with Crippen LogP contribution in [-0.4, -0.2) is 52.7 Å². The van der Waals surface area contributed by atoms with Crippen molar-refractivity contribution >= 4 is 44.9 Å². The molecule has 0 N–H and O–H groups in total. The van der Waals surface area contributed by atoms with Crippen LogP contribution in [0.2, 0.25) is 0 Å². The molecule has 0 saturated carbocycles. The SMILES string of the molecule is Cc1nc(SCC(=O)N2CCN(c3cccc(C(F)(F)F)c3)CC2)c2c(C)c(C)sc2n1. The van der Waals surface area contributed by atoms with E-state index in [2.05, 4.69) is 16.9 Å². The number of carbonyl (C=O) groups is 1. The van der Waals surface area contributed by atoms with Gasteiger partial charge in [0.05, 0.1) is 11.3 Å². The Hall–Kier alpha value is -2.33. The number of piperazine rings is 1. The van der Waals surface area contributed by atoms with E-state index in [0.29, 0.717) is 37.7 Å². The molecular weight excluding hydrogens is 457 g/mol. The second-order valence-corrected chi connectivity index (χ2v) is 9.91. The summed E-state index contributed by atoms with van der Waals surface area (Å²) < 4.78 is 39.0. The van der Waals surface area contributed by atoms with E-state index in [0.717, 1.165) is 26.9 Å². The maximum absolute atomic E-state index is 13.0. The average Bonchev–Trinajstić information content (AvgIpc) is 3.04. The Labute approximate surface area is 192 Å². The maximum Gasteiger partial charge on any atom is 0.416 e. The Kier molecular flexibility index (Phi) is 6.35. The van der Waals surface area contributed by atoms with E-state index in [1.165, 1.54) is 28.8 Å². The van der Waals surface area contributed by atoms with Gasteiger partial charge in [-0.25, -0.2) is 9.97 Å². The molecule has 5 nitrogen and oxygen atoms in total. The number of thioether (sulfide) groups is 1. The van der Waals surface area contributed by atoms with Crippen molar-refractivity contribution in [2.75, 3.05) is 36.8 Å². The molecule has 1 aromatic carbocycles. The minimum Gasteiger partial charge on any atom is -0.368 e. The highest BCUT2D eigenvalue weighted by Crippen LogP contribution is 2.35. The van der Waals surface area contributed by atoms with E-state index >= 15 is 0 Å². The number of thiophene rings is 1. The van der Waals surface area contributed by atoms with Crippen molar-refractivity contribution in [1.29, 1.82) is 0 Å². The number of benzene rings is 1. The van der Waals surface area contributed by atoms with Gasteiger partial charge in [0.15, 0.2) is 0 Å². The first-order valence-corrected chi connectivity index (χ1v) is 12.0. The minimum absolute atomic E-state index is 0.00714. The molecule has 3 heterocycles. The number of aromatic nitrogens is 2. The van der Waals surface area contributed by atoms with Crippen LogP contribution in [0.4, 0.5) is 18.9 Å². The van der Waals surface area contributed by atoms with Gasteiger partial charge < -0.3 is 9.80 Å². The first-order valence-electron chi connectivity index (χ1n) is 10.2. The minimum atomic E-state index is -4.37. The fraction of sp³-hybridized carbons (Fsp3) is 0.409. The molecule has 3 aromatic rings. The van der Waals surface area contributed by atoms with Crippen LogP contribution < -0.4 is 4.90 Å². The van der Waals surface area contributed by atoms with Gasteiger partial charge >= 0.3 is 6.18 Å². The zero-order valence-corrected chi connectivity index (χ0v) is 19.6. The fourth-order valence-corrected chi connectivity index (χ4v) is 5.91. The molecule has 1 saturated heterocycles. The van der Waals surface area contributed by atoms with Crippen LogP contribution in [0.3, 0.4) is 0 Å². The Morgan fingerprint density at radius 3 is 2.53 bits per heavy atom. The maximum atomic E-state index is 13.0. The molecule has 0 radical (unpaired) electrons. The highest BCUT2D eigenvalue weighted by molar-refractivity contribution is 8.00. The summed E-state index contributed by atoms with van der Waals surface area (Å²) in [7, 11) is 0. The number of hydrogen-bond acceptors (Lipinski definition) is 6. The molecule has 0 bridgehead atoms. The summed E-state index contributed by atoms with van der Waals surface area (Å²) in [6.45, 7) is 7.90. The Morgan fingerprint density at radius 2 is 1.84 bits per heavy atom. The molecule has 1 fully saturated rings. The summed E-state index contributed by atoms with van der Waals surface area (Å²) in [4.78, 5) is 27.7. The highest BCUT2D eigenvalue weighted by Gasteiger charge is 2.31. The number of anilines is 1. The van der Waals surface area contributed by atoms with E-state index in [-0.39, 0.29) is 11.7 Å². The van der Waals surface area contributed by atoms with Gasteiger partial charge in [0.25, 0.3) is 0 Å². The topological polar surface area (TPSA) is 49.3 Å².